The summed E-state index contributed by atoms with van der Waals surface area (Å²) < 4.78 is 17.8. The summed E-state index contributed by atoms with van der Waals surface area (Å²) in [5, 5.41) is 7.54. The van der Waals surface area contributed by atoms with E-state index in [0.717, 1.165) is 32.5 Å². The highest BCUT2D eigenvalue weighted by atomic mass is 19.1. The number of nitrogens with one attached hydrogen (secondary N) is 1. The molecular formula is C26H26FN5O. The topological polar surface area (TPSA) is 55.1 Å². The van der Waals surface area contributed by atoms with E-state index in [4.69, 9.17) is 0 Å². The van der Waals surface area contributed by atoms with E-state index in [1.165, 1.54) is 22.5 Å². The number of hydrogen-bond acceptors (Lipinski definition) is 3. The zero-order valence-corrected chi connectivity index (χ0v) is 18.3. The largest absolute Gasteiger partial charge is 0.349 e. The number of nitrogens with zero attached hydrogens (tertiary/aromatic N) is 4. The van der Waals surface area contributed by atoms with Gasteiger partial charge in [0, 0.05) is 38.1 Å². The summed E-state index contributed by atoms with van der Waals surface area (Å²) in [5.74, 6) is -0.0707. The van der Waals surface area contributed by atoms with Crippen molar-refractivity contribution in [1.29, 1.82) is 0 Å². The molecule has 4 aromatic rings. The van der Waals surface area contributed by atoms with Gasteiger partial charge >= 0.3 is 0 Å². The van der Waals surface area contributed by atoms with Crippen molar-refractivity contribution in [2.45, 2.75) is 25.4 Å². The minimum atomic E-state index is -0.397. The summed E-state index contributed by atoms with van der Waals surface area (Å²) in [6, 6.07) is 20.7. The first-order valence-corrected chi connectivity index (χ1v) is 11.2. The van der Waals surface area contributed by atoms with Gasteiger partial charge in [0.25, 0.3) is 5.91 Å². The smallest absolute Gasteiger partial charge is 0.256 e. The van der Waals surface area contributed by atoms with Gasteiger partial charge in [0.05, 0.1) is 6.20 Å². The van der Waals surface area contributed by atoms with Gasteiger partial charge in [-0.15, -0.1) is 0 Å². The number of aromatic nitrogens is 3. The van der Waals surface area contributed by atoms with Gasteiger partial charge in [-0.1, -0.05) is 42.5 Å². The number of piperidine rings is 1. The molecule has 1 N–H and O–H groups in total. The standard InChI is InChI=1S/C26H26FN5O/c27-23-10-4-5-11-24(23)32-26(31-14-6-7-15-31)22(18-28-32)25(33)29-21-12-16-30(17-13-21)19-20-8-2-1-3-9-20/h1-11,14-15,18,21H,12-13,16-17,19H2,(H,29,33). The van der Waals surface area contributed by atoms with Crippen molar-refractivity contribution in [3.63, 3.8) is 0 Å². The van der Waals surface area contributed by atoms with Crippen LogP contribution in [-0.4, -0.2) is 44.3 Å². The summed E-state index contributed by atoms with van der Waals surface area (Å²) in [4.78, 5) is 15.7. The molecule has 33 heavy (non-hydrogen) atoms. The summed E-state index contributed by atoms with van der Waals surface area (Å²) >= 11 is 0. The van der Waals surface area contributed by atoms with Gasteiger partial charge in [-0.2, -0.15) is 5.10 Å². The molecule has 168 valence electrons. The van der Waals surface area contributed by atoms with Crippen LogP contribution in [0.2, 0.25) is 0 Å². The van der Waals surface area contributed by atoms with Crippen LogP contribution in [0, 0.1) is 5.82 Å². The molecule has 1 saturated heterocycles. The number of hydrogen-bond donors (Lipinski definition) is 1. The molecule has 0 unspecified atom stereocenters. The maximum Gasteiger partial charge on any atom is 0.256 e. The predicted octanol–water partition coefficient (Wildman–Crippen LogP) is 4.20. The fourth-order valence-electron chi connectivity index (χ4n) is 4.37. The lowest BCUT2D eigenvalue weighted by atomic mass is 10.0. The van der Waals surface area contributed by atoms with Crippen molar-refractivity contribution < 1.29 is 9.18 Å². The highest BCUT2D eigenvalue weighted by molar-refractivity contribution is 5.97. The fourth-order valence-corrected chi connectivity index (χ4v) is 4.37. The van der Waals surface area contributed by atoms with E-state index in [2.05, 4.69) is 39.6 Å². The van der Waals surface area contributed by atoms with Gasteiger partial charge < -0.3 is 9.88 Å². The lowest BCUT2D eigenvalue weighted by molar-refractivity contribution is 0.0909. The number of amides is 1. The first-order chi connectivity index (χ1) is 16.2. The molecule has 0 saturated carbocycles. The average molecular weight is 444 g/mol. The Morgan fingerprint density at radius 3 is 2.39 bits per heavy atom. The summed E-state index contributed by atoms with van der Waals surface area (Å²) in [7, 11) is 0. The van der Waals surface area contributed by atoms with Crippen molar-refractivity contribution in [2.75, 3.05) is 13.1 Å². The van der Waals surface area contributed by atoms with Crippen LogP contribution in [0.25, 0.3) is 11.5 Å². The third-order valence-corrected chi connectivity index (χ3v) is 6.09. The number of carbonyl (C=O) groups excluding carboxylic acids is 1. The number of carbonyl (C=O) groups is 1. The van der Waals surface area contributed by atoms with E-state index in [1.807, 2.05) is 30.6 Å². The highest BCUT2D eigenvalue weighted by Gasteiger charge is 2.25. The van der Waals surface area contributed by atoms with Crippen LogP contribution in [0.1, 0.15) is 28.8 Å². The minimum absolute atomic E-state index is 0.0962. The molecule has 1 aliphatic rings. The van der Waals surface area contributed by atoms with E-state index in [1.54, 1.807) is 22.8 Å². The quantitative estimate of drug-likeness (QED) is 0.486. The lowest BCUT2D eigenvalue weighted by Gasteiger charge is -2.32. The van der Waals surface area contributed by atoms with Crippen LogP contribution in [0.4, 0.5) is 4.39 Å². The Morgan fingerprint density at radius 2 is 1.67 bits per heavy atom. The molecule has 1 fully saturated rings. The maximum atomic E-state index is 14.5. The average Bonchev–Trinajstić information content (AvgIpc) is 3.51. The molecule has 6 nitrogen and oxygen atoms in total. The summed E-state index contributed by atoms with van der Waals surface area (Å²) in [5.41, 5.74) is 2.02. The Balaban J connectivity index is 1.31. The van der Waals surface area contributed by atoms with Crippen molar-refractivity contribution in [1.82, 2.24) is 24.6 Å². The molecule has 2 aromatic carbocycles. The van der Waals surface area contributed by atoms with E-state index in [0.29, 0.717) is 17.1 Å². The molecule has 0 aliphatic carbocycles. The fraction of sp³-hybridized carbons (Fsp3) is 0.231. The normalized spacial score (nSPS) is 14.9. The molecule has 0 bridgehead atoms. The first kappa shape index (κ1) is 21.2. The molecular weight excluding hydrogens is 417 g/mol. The molecule has 3 heterocycles. The second kappa shape index (κ2) is 9.42. The number of halogens is 1. The van der Waals surface area contributed by atoms with Crippen LogP contribution in [-0.2, 0) is 6.54 Å². The third-order valence-electron chi connectivity index (χ3n) is 6.09. The molecule has 0 radical (unpaired) electrons. The highest BCUT2D eigenvalue weighted by Crippen LogP contribution is 2.22. The Morgan fingerprint density at radius 1 is 0.970 bits per heavy atom. The Hall–Kier alpha value is -3.71. The summed E-state index contributed by atoms with van der Waals surface area (Å²) in [6.45, 7) is 2.78. The van der Waals surface area contributed by atoms with Crippen LogP contribution in [0.15, 0.2) is 85.3 Å². The molecule has 0 atom stereocenters. The molecule has 5 rings (SSSR count). The van der Waals surface area contributed by atoms with Gasteiger partial charge in [0.1, 0.15) is 17.1 Å². The molecule has 1 aliphatic heterocycles. The number of rotatable bonds is 6. The molecule has 7 heteroatoms. The van der Waals surface area contributed by atoms with E-state index in [9.17, 15) is 9.18 Å². The monoisotopic (exact) mass is 443 g/mol. The zero-order valence-electron chi connectivity index (χ0n) is 18.3. The lowest BCUT2D eigenvalue weighted by Crippen LogP contribution is -2.44. The van der Waals surface area contributed by atoms with Crippen LogP contribution < -0.4 is 5.32 Å². The Bertz CT molecular complexity index is 1210. The van der Waals surface area contributed by atoms with Crippen LogP contribution in [0.5, 0.6) is 0 Å². The summed E-state index contributed by atoms with van der Waals surface area (Å²) in [6.07, 6.45) is 6.94. The van der Waals surface area contributed by atoms with Crippen LogP contribution >= 0.6 is 0 Å². The Kier molecular flexibility index (Phi) is 6.04. The predicted molar refractivity (Wildman–Crippen MR) is 125 cm³/mol. The van der Waals surface area contributed by atoms with Gasteiger partial charge in [-0.3, -0.25) is 9.69 Å². The number of para-hydroxylation sites is 1. The van der Waals surface area contributed by atoms with Gasteiger partial charge in [-0.05, 0) is 42.7 Å². The van der Waals surface area contributed by atoms with Gasteiger partial charge in [0.2, 0.25) is 0 Å². The number of likely N-dealkylation sites (tertiary alicyclic amines) is 1. The van der Waals surface area contributed by atoms with Gasteiger partial charge in [-0.25, -0.2) is 9.07 Å². The second-order valence-corrected chi connectivity index (χ2v) is 8.34. The minimum Gasteiger partial charge on any atom is -0.349 e. The van der Waals surface area contributed by atoms with Crippen molar-refractivity contribution in [2.24, 2.45) is 0 Å². The zero-order chi connectivity index (χ0) is 22.6. The Labute approximate surface area is 192 Å². The van der Waals surface area contributed by atoms with Crippen molar-refractivity contribution in [3.05, 3.63) is 102 Å². The number of benzene rings is 2. The van der Waals surface area contributed by atoms with Gasteiger partial charge in [0.15, 0.2) is 5.82 Å². The third kappa shape index (κ3) is 4.59. The SMILES string of the molecule is O=C(NC1CCN(Cc2ccccc2)CC1)c1cnn(-c2ccccc2F)c1-n1cccc1. The van der Waals surface area contributed by atoms with E-state index < -0.39 is 5.82 Å². The van der Waals surface area contributed by atoms with Crippen LogP contribution in [0.3, 0.4) is 0 Å². The van der Waals surface area contributed by atoms with E-state index >= 15 is 0 Å². The first-order valence-electron chi connectivity index (χ1n) is 11.2. The van der Waals surface area contributed by atoms with Crippen molar-refractivity contribution in [3.8, 4) is 11.5 Å². The second-order valence-electron chi connectivity index (χ2n) is 8.34. The van der Waals surface area contributed by atoms with E-state index in [-0.39, 0.29) is 11.9 Å². The maximum absolute atomic E-state index is 14.5. The van der Waals surface area contributed by atoms with Crippen molar-refractivity contribution >= 4 is 5.91 Å². The molecule has 2 aromatic heterocycles. The molecule has 0 spiro atoms. The molecule has 1 amide bonds.